The predicted molar refractivity (Wildman–Crippen MR) is 248 cm³/mol. The molecule has 0 aliphatic heterocycles. The van der Waals surface area contributed by atoms with Gasteiger partial charge in [0.2, 0.25) is 0 Å². The first-order chi connectivity index (χ1) is 29.3. The van der Waals surface area contributed by atoms with Crippen molar-refractivity contribution in [2.24, 2.45) is 0 Å². The van der Waals surface area contributed by atoms with Crippen LogP contribution in [0.1, 0.15) is 22.5 Å². The van der Waals surface area contributed by atoms with E-state index in [-0.39, 0.29) is 0 Å². The number of rotatable bonds is 5. The van der Waals surface area contributed by atoms with Crippen molar-refractivity contribution in [2.45, 2.75) is 0 Å². The van der Waals surface area contributed by atoms with Gasteiger partial charge in [-0.05, 0) is 138 Å². The molecule has 0 spiro atoms. The van der Waals surface area contributed by atoms with Crippen LogP contribution in [0.2, 0.25) is 0 Å². The molecule has 0 amide bonds. The van der Waals surface area contributed by atoms with Crippen LogP contribution in [0.25, 0.3) is 107 Å². The van der Waals surface area contributed by atoms with Gasteiger partial charge < -0.3 is 13.7 Å². The van der Waals surface area contributed by atoms with Crippen LogP contribution in [0.4, 0.5) is 0 Å². The van der Waals surface area contributed by atoms with Gasteiger partial charge >= 0.3 is 0 Å². The van der Waals surface area contributed by atoms with Gasteiger partial charge in [0, 0.05) is 49.7 Å². The van der Waals surface area contributed by atoms with Crippen molar-refractivity contribution in [1.82, 2.24) is 13.7 Å². The molecule has 3 aromatic heterocycles. The highest BCUT2D eigenvalue weighted by Gasteiger charge is 2.20. The highest BCUT2D eigenvalue weighted by Crippen LogP contribution is 2.41. The maximum atomic E-state index is 3.40. The van der Waals surface area contributed by atoms with Crippen molar-refractivity contribution in [3.8, 4) is 39.3 Å². The van der Waals surface area contributed by atoms with E-state index in [1.54, 1.807) is 0 Å². The monoisotopic (exact) mass is 749 g/mol. The molecule has 3 nitrogen and oxygen atoms in total. The van der Waals surface area contributed by atoms with E-state index in [1.165, 1.54) is 54.7 Å². The largest absolute Gasteiger partial charge is 0.309 e. The Morgan fingerprint density at radius 1 is 0.322 bits per heavy atom. The Hall–Kier alpha value is -8.06. The first-order valence-corrected chi connectivity index (χ1v) is 20.1. The number of nitrogens with zero attached hydrogens (tertiary/aromatic N) is 3. The summed E-state index contributed by atoms with van der Waals surface area (Å²) in [7, 11) is 0. The molecule has 0 saturated carbocycles. The Balaban J connectivity index is 1.12. The van der Waals surface area contributed by atoms with Crippen LogP contribution >= 0.6 is 0 Å². The standard InChI is InChI=1S/C56H35N3/c1-5-17-42(18-6-1)57-53-25-11-3-9-21-47(53)49-36-38(29-31-55(49)57)40-33-41(35-44(34-40)59-51-27-15-13-23-45(51)46-24-14-16-28-52(46)59)39-30-32-56-50(37-39)48-22-10-4-12-26-54(48)58(56)43-19-7-2-8-20-43/h1-8,11-37H. The third-order valence-corrected chi connectivity index (χ3v) is 11.9. The van der Waals surface area contributed by atoms with Crippen LogP contribution in [0.3, 0.4) is 0 Å². The van der Waals surface area contributed by atoms with E-state index in [2.05, 4.69) is 225 Å². The molecule has 0 N–H and O–H groups in total. The lowest BCUT2D eigenvalue weighted by molar-refractivity contribution is 1.11. The zero-order valence-corrected chi connectivity index (χ0v) is 32.0. The molecule has 3 heteroatoms. The average Bonchev–Trinajstić information content (AvgIpc) is 3.71. The molecule has 0 unspecified atom stereocenters. The Morgan fingerprint density at radius 3 is 1.25 bits per heavy atom. The van der Waals surface area contributed by atoms with E-state index < -0.39 is 0 Å². The number of aromatic nitrogens is 3. The molecule has 0 fully saturated rings. The van der Waals surface area contributed by atoms with Gasteiger partial charge in [-0.1, -0.05) is 97.1 Å². The molecule has 10 aromatic rings. The minimum Gasteiger partial charge on any atom is -0.309 e. The Bertz CT molecular complexity index is 3320. The van der Waals surface area contributed by atoms with E-state index in [0.29, 0.717) is 0 Å². The average molecular weight is 750 g/mol. The summed E-state index contributed by atoms with van der Waals surface area (Å²) in [6, 6.07) is 59.7. The fourth-order valence-electron chi connectivity index (χ4n) is 9.30. The lowest BCUT2D eigenvalue weighted by Crippen LogP contribution is -1.97. The molecule has 274 valence electrons. The first kappa shape index (κ1) is 33.1. The van der Waals surface area contributed by atoms with E-state index in [4.69, 9.17) is 0 Å². The van der Waals surface area contributed by atoms with Crippen LogP contribution in [0.15, 0.2) is 200 Å². The molecule has 59 heavy (non-hydrogen) atoms. The molecule has 0 saturated heterocycles. The van der Waals surface area contributed by atoms with Gasteiger partial charge in [0.05, 0.1) is 33.5 Å². The van der Waals surface area contributed by atoms with E-state index in [0.717, 1.165) is 50.7 Å². The second kappa shape index (κ2) is 13.3. The van der Waals surface area contributed by atoms with Crippen LogP contribution in [0, 0.1) is 0 Å². The van der Waals surface area contributed by atoms with E-state index >= 15 is 0 Å². The van der Waals surface area contributed by atoms with Crippen molar-refractivity contribution in [1.29, 1.82) is 0 Å². The van der Waals surface area contributed by atoms with Crippen LogP contribution < -0.4 is 0 Å². The molecular weight excluding hydrogens is 715 g/mol. The lowest BCUT2D eigenvalue weighted by Gasteiger charge is -2.15. The molecule has 7 aromatic carbocycles. The summed E-state index contributed by atoms with van der Waals surface area (Å²) in [5.74, 6) is 0. The number of fused-ring (bicyclic) bond motifs is 9. The Morgan fingerprint density at radius 2 is 0.763 bits per heavy atom. The second-order valence-corrected chi connectivity index (χ2v) is 15.2. The zero-order chi connectivity index (χ0) is 38.9. The van der Waals surface area contributed by atoms with Crippen molar-refractivity contribution in [3.05, 3.63) is 222 Å². The first-order valence-electron chi connectivity index (χ1n) is 20.1. The molecule has 2 aliphatic carbocycles. The van der Waals surface area contributed by atoms with Crippen LogP contribution in [-0.4, -0.2) is 13.7 Å². The minimum absolute atomic E-state index is 1.12. The summed E-state index contributed by atoms with van der Waals surface area (Å²) in [6.07, 6.45) is 16.8. The van der Waals surface area contributed by atoms with Crippen molar-refractivity contribution >= 4 is 67.9 Å². The van der Waals surface area contributed by atoms with Gasteiger partial charge in [-0.2, -0.15) is 0 Å². The Labute approximate surface area is 341 Å². The Kier molecular flexibility index (Phi) is 7.45. The second-order valence-electron chi connectivity index (χ2n) is 15.2. The number of allylic oxidation sites excluding steroid dienone is 4. The number of para-hydroxylation sites is 4. The molecule has 3 heterocycles. The van der Waals surface area contributed by atoms with Crippen molar-refractivity contribution < 1.29 is 0 Å². The fraction of sp³-hybridized carbons (Fsp3) is 0. The predicted octanol–water partition coefficient (Wildman–Crippen LogP) is 14.4. The van der Waals surface area contributed by atoms with Crippen LogP contribution in [-0.2, 0) is 0 Å². The van der Waals surface area contributed by atoms with E-state index in [9.17, 15) is 0 Å². The lowest BCUT2D eigenvalue weighted by atomic mass is 9.95. The van der Waals surface area contributed by atoms with Crippen molar-refractivity contribution in [3.63, 3.8) is 0 Å². The fourth-order valence-corrected chi connectivity index (χ4v) is 9.30. The smallest absolute Gasteiger partial charge is 0.0547 e. The maximum Gasteiger partial charge on any atom is 0.0547 e. The zero-order valence-electron chi connectivity index (χ0n) is 32.0. The molecule has 0 radical (unpaired) electrons. The third-order valence-electron chi connectivity index (χ3n) is 11.9. The number of benzene rings is 7. The van der Waals surface area contributed by atoms with Gasteiger partial charge in [0.1, 0.15) is 0 Å². The molecule has 0 atom stereocenters. The number of hydrogen-bond donors (Lipinski definition) is 0. The topological polar surface area (TPSA) is 14.8 Å². The van der Waals surface area contributed by atoms with Crippen molar-refractivity contribution in [2.75, 3.05) is 0 Å². The summed E-state index contributed by atoms with van der Waals surface area (Å²) in [5, 5.41) is 4.87. The van der Waals surface area contributed by atoms with Crippen LogP contribution in [0.5, 0.6) is 0 Å². The quantitative estimate of drug-likeness (QED) is 0.156. The molecule has 12 rings (SSSR count). The maximum absolute atomic E-state index is 3.40. The third kappa shape index (κ3) is 5.24. The SMILES string of the molecule is C1=CC=Cc2c(c3cc(-c4cc(-c5ccc6c(c5)c5c(n6-c6ccccc6)C=CC=C=C5)cc(-n5c6ccccc6c6ccccc65)c4)ccc3n2-c2ccccc2)C=1. The normalized spacial score (nSPS) is 12.8. The molecule has 2 aliphatic rings. The molecular formula is C56H35N3. The number of hydrogen-bond acceptors (Lipinski definition) is 0. The summed E-state index contributed by atoms with van der Waals surface area (Å²) < 4.78 is 7.16. The van der Waals surface area contributed by atoms with Gasteiger partial charge in [0.25, 0.3) is 0 Å². The van der Waals surface area contributed by atoms with Gasteiger partial charge in [0.15, 0.2) is 0 Å². The minimum atomic E-state index is 1.12. The van der Waals surface area contributed by atoms with Gasteiger partial charge in [-0.25, -0.2) is 0 Å². The highest BCUT2D eigenvalue weighted by molar-refractivity contribution is 6.09. The highest BCUT2D eigenvalue weighted by atomic mass is 15.0. The summed E-state index contributed by atoms with van der Waals surface area (Å²) in [4.78, 5) is 0. The summed E-state index contributed by atoms with van der Waals surface area (Å²) >= 11 is 0. The summed E-state index contributed by atoms with van der Waals surface area (Å²) in [5.41, 5.74) is 24.1. The van der Waals surface area contributed by atoms with Gasteiger partial charge in [-0.3, -0.25) is 0 Å². The summed E-state index contributed by atoms with van der Waals surface area (Å²) in [6.45, 7) is 0. The van der Waals surface area contributed by atoms with Gasteiger partial charge in [-0.15, -0.1) is 11.5 Å². The van der Waals surface area contributed by atoms with E-state index in [1.807, 2.05) is 12.2 Å². The molecule has 0 bridgehead atoms.